The van der Waals surface area contributed by atoms with E-state index in [0.717, 1.165) is 31.7 Å². The fourth-order valence-corrected chi connectivity index (χ4v) is 6.80. The lowest BCUT2D eigenvalue weighted by Crippen LogP contribution is -2.49. The zero-order valence-corrected chi connectivity index (χ0v) is 23.0. The van der Waals surface area contributed by atoms with Crippen molar-refractivity contribution >= 4 is 34.8 Å². The number of benzene rings is 3. The summed E-state index contributed by atoms with van der Waals surface area (Å²) >= 11 is 18.2. The van der Waals surface area contributed by atoms with Gasteiger partial charge in [-0.3, -0.25) is 0 Å². The summed E-state index contributed by atoms with van der Waals surface area (Å²) in [5.41, 5.74) is 0.409. The van der Waals surface area contributed by atoms with Crippen molar-refractivity contribution in [1.82, 2.24) is 4.90 Å². The smallest absolute Gasteiger partial charge is 0.385 e. The largest absolute Gasteiger partial charge is 0.417 e. The van der Waals surface area contributed by atoms with Gasteiger partial charge in [0.05, 0.1) is 16.2 Å². The maximum Gasteiger partial charge on any atom is 0.417 e. The third kappa shape index (κ3) is 5.46. The molecule has 3 aromatic rings. The van der Waals surface area contributed by atoms with E-state index in [9.17, 15) is 18.3 Å². The van der Waals surface area contributed by atoms with Gasteiger partial charge in [-0.2, -0.15) is 13.2 Å². The maximum absolute atomic E-state index is 13.4. The summed E-state index contributed by atoms with van der Waals surface area (Å²) in [5.74, 6) is 0. The van der Waals surface area contributed by atoms with E-state index in [1.807, 2.05) is 24.3 Å². The van der Waals surface area contributed by atoms with Gasteiger partial charge in [0.1, 0.15) is 0 Å². The van der Waals surface area contributed by atoms with Crippen molar-refractivity contribution in [2.75, 3.05) is 13.1 Å². The summed E-state index contributed by atoms with van der Waals surface area (Å²) in [5, 5.41) is 12.4. The Morgan fingerprint density at radius 1 is 0.711 bits per heavy atom. The number of likely N-dealkylation sites (tertiary alicyclic amines) is 1. The van der Waals surface area contributed by atoms with Crippen molar-refractivity contribution in [3.05, 3.63) is 104 Å². The fraction of sp³-hybridized carbons (Fsp3) is 0.400. The topological polar surface area (TPSA) is 23.5 Å². The number of hydrogen-bond donors (Lipinski definition) is 1. The van der Waals surface area contributed by atoms with Crippen molar-refractivity contribution in [2.24, 2.45) is 0 Å². The average molecular weight is 583 g/mol. The van der Waals surface area contributed by atoms with Crippen LogP contribution in [0.3, 0.4) is 0 Å². The molecular formula is C30H29Cl3F3NO. The summed E-state index contributed by atoms with van der Waals surface area (Å²) in [6, 6.07) is 20.3. The van der Waals surface area contributed by atoms with Crippen molar-refractivity contribution in [2.45, 2.75) is 61.8 Å². The van der Waals surface area contributed by atoms with Crippen molar-refractivity contribution in [3.8, 4) is 0 Å². The van der Waals surface area contributed by atoms with Crippen molar-refractivity contribution in [3.63, 3.8) is 0 Å². The van der Waals surface area contributed by atoms with Gasteiger partial charge in [-0.1, -0.05) is 65.1 Å². The first-order chi connectivity index (χ1) is 18.0. The Labute approximate surface area is 236 Å². The van der Waals surface area contributed by atoms with Crippen LogP contribution in [0.5, 0.6) is 0 Å². The molecule has 0 bridgehead atoms. The van der Waals surface area contributed by atoms with E-state index in [1.54, 1.807) is 0 Å². The first-order valence-corrected chi connectivity index (χ1v) is 14.0. The molecule has 1 N–H and O–H groups in total. The maximum atomic E-state index is 13.4. The molecule has 0 aromatic heterocycles. The number of rotatable bonds is 4. The Morgan fingerprint density at radius 2 is 1.18 bits per heavy atom. The lowest BCUT2D eigenvalue weighted by atomic mass is 9.64. The molecule has 1 saturated carbocycles. The molecule has 0 spiro atoms. The van der Waals surface area contributed by atoms with Gasteiger partial charge in [-0.25, -0.2) is 0 Å². The van der Waals surface area contributed by atoms with Crippen LogP contribution in [0.1, 0.15) is 60.8 Å². The minimum Gasteiger partial charge on any atom is -0.385 e. The van der Waals surface area contributed by atoms with Crippen LogP contribution in [-0.2, 0) is 17.2 Å². The molecule has 0 amide bonds. The van der Waals surface area contributed by atoms with Crippen LogP contribution in [0.15, 0.2) is 66.7 Å². The summed E-state index contributed by atoms with van der Waals surface area (Å²) in [6.45, 7) is 1.25. The lowest BCUT2D eigenvalue weighted by molar-refractivity contribution is -0.137. The van der Waals surface area contributed by atoms with Crippen LogP contribution in [0, 0.1) is 0 Å². The first kappa shape index (κ1) is 27.8. The number of piperidine rings is 1. The van der Waals surface area contributed by atoms with Gasteiger partial charge in [0.2, 0.25) is 0 Å². The summed E-state index contributed by atoms with van der Waals surface area (Å²) < 4.78 is 40.2. The zero-order valence-electron chi connectivity index (χ0n) is 20.7. The van der Waals surface area contributed by atoms with Crippen LogP contribution in [-0.4, -0.2) is 29.1 Å². The Morgan fingerprint density at radius 3 is 1.66 bits per heavy atom. The van der Waals surface area contributed by atoms with Gasteiger partial charge < -0.3 is 10.0 Å². The number of halogens is 6. The number of aliphatic hydroxyl groups is 1. The molecular weight excluding hydrogens is 554 g/mol. The van der Waals surface area contributed by atoms with E-state index in [1.165, 1.54) is 23.3 Å². The number of nitrogens with zero attached hydrogens (tertiary/aromatic N) is 1. The van der Waals surface area contributed by atoms with E-state index < -0.39 is 17.3 Å². The van der Waals surface area contributed by atoms with E-state index in [2.05, 4.69) is 29.2 Å². The molecule has 0 atom stereocenters. The Balaban J connectivity index is 1.30. The highest BCUT2D eigenvalue weighted by Crippen LogP contribution is 2.47. The molecule has 1 saturated heterocycles. The molecule has 0 unspecified atom stereocenters. The highest BCUT2D eigenvalue weighted by atomic mass is 35.5. The molecule has 5 rings (SSSR count). The van der Waals surface area contributed by atoms with Gasteiger partial charge in [0.15, 0.2) is 0 Å². The Hall–Kier alpha value is -1.76. The summed E-state index contributed by atoms with van der Waals surface area (Å²) in [7, 11) is 0. The normalized spacial score (nSPS) is 20.4. The predicted octanol–water partition coefficient (Wildman–Crippen LogP) is 8.88. The van der Waals surface area contributed by atoms with Crippen molar-refractivity contribution in [1.29, 1.82) is 0 Å². The zero-order chi connectivity index (χ0) is 27.1. The Kier molecular flexibility index (Phi) is 7.80. The second-order valence-electron chi connectivity index (χ2n) is 10.6. The molecule has 1 aliphatic heterocycles. The van der Waals surface area contributed by atoms with Crippen molar-refractivity contribution < 1.29 is 18.3 Å². The van der Waals surface area contributed by atoms with Gasteiger partial charge in [0.25, 0.3) is 0 Å². The first-order valence-electron chi connectivity index (χ1n) is 12.9. The van der Waals surface area contributed by atoms with Gasteiger partial charge in [-0.05, 0) is 91.6 Å². The van der Waals surface area contributed by atoms with Crippen LogP contribution >= 0.6 is 34.8 Å². The molecule has 0 radical (unpaired) electrons. The van der Waals surface area contributed by atoms with E-state index >= 15 is 0 Å². The molecule has 1 aliphatic carbocycles. The highest BCUT2D eigenvalue weighted by Gasteiger charge is 2.43. The molecule has 202 valence electrons. The van der Waals surface area contributed by atoms with E-state index in [4.69, 9.17) is 34.8 Å². The minimum atomic E-state index is -4.56. The van der Waals surface area contributed by atoms with Crippen LogP contribution in [0.2, 0.25) is 15.1 Å². The second-order valence-corrected chi connectivity index (χ2v) is 11.9. The van der Waals surface area contributed by atoms with Crippen LogP contribution in [0.25, 0.3) is 0 Å². The van der Waals surface area contributed by atoms with Crippen LogP contribution < -0.4 is 0 Å². The minimum absolute atomic E-state index is 0.139. The van der Waals surface area contributed by atoms with E-state index in [-0.39, 0.29) is 16.0 Å². The van der Waals surface area contributed by atoms with Crippen LogP contribution in [0.4, 0.5) is 13.2 Å². The van der Waals surface area contributed by atoms with Gasteiger partial charge in [-0.15, -0.1) is 0 Å². The molecule has 1 heterocycles. The molecule has 38 heavy (non-hydrogen) atoms. The second kappa shape index (κ2) is 10.7. The third-order valence-electron chi connectivity index (χ3n) is 8.55. The Bertz CT molecular complexity index is 1210. The molecule has 2 aliphatic rings. The third-order valence-corrected chi connectivity index (χ3v) is 9.39. The fourth-order valence-electron chi connectivity index (χ4n) is 6.32. The SMILES string of the molecule is OC1(c2ccc(Cl)c(C(F)(F)F)c2)CCN(C2CCC(c3ccc(Cl)cc3)(c3ccc(Cl)cc3)CC2)CC1. The average Bonchev–Trinajstić information content (AvgIpc) is 2.90. The molecule has 3 aromatic carbocycles. The summed E-state index contributed by atoms with van der Waals surface area (Å²) in [6.07, 6.45) is 0.0458. The molecule has 8 heteroatoms. The number of alkyl halides is 3. The van der Waals surface area contributed by atoms with E-state index in [0.29, 0.717) is 42.0 Å². The lowest BCUT2D eigenvalue weighted by Gasteiger charge is -2.47. The quantitative estimate of drug-likeness (QED) is 0.332. The monoisotopic (exact) mass is 581 g/mol. The van der Waals surface area contributed by atoms with Gasteiger partial charge >= 0.3 is 6.18 Å². The summed E-state index contributed by atoms with van der Waals surface area (Å²) in [4.78, 5) is 2.39. The predicted molar refractivity (Wildman–Crippen MR) is 147 cm³/mol. The standard InChI is InChI=1S/C30H29Cl3F3NO/c31-23-6-1-20(2-7-23)28(21-3-8-24(32)9-4-21)13-11-25(12-14-28)37-17-15-29(38,16-18-37)22-5-10-27(33)26(19-22)30(34,35)36/h1-10,19,25,38H,11-18H2. The van der Waals surface area contributed by atoms with Gasteiger partial charge in [0, 0.05) is 34.6 Å². The molecule has 2 nitrogen and oxygen atoms in total. The molecule has 2 fully saturated rings. The number of hydrogen-bond acceptors (Lipinski definition) is 2. The highest BCUT2D eigenvalue weighted by molar-refractivity contribution is 6.31.